The first kappa shape index (κ1) is 13.6. The van der Waals surface area contributed by atoms with Crippen LogP contribution in [0.3, 0.4) is 0 Å². The minimum Gasteiger partial charge on any atom is -0.322 e. The number of amides is 1. The Morgan fingerprint density at radius 2 is 2.16 bits per heavy atom. The molecule has 0 aliphatic carbocycles. The Labute approximate surface area is 120 Å². The van der Waals surface area contributed by atoms with Gasteiger partial charge in [-0.25, -0.2) is 0 Å². The van der Waals surface area contributed by atoms with Crippen molar-refractivity contribution in [2.75, 3.05) is 5.32 Å². The van der Waals surface area contributed by atoms with Crippen molar-refractivity contribution in [3.63, 3.8) is 0 Å². The van der Waals surface area contributed by atoms with E-state index in [2.05, 4.69) is 10.4 Å². The number of rotatable bonds is 3. The zero-order valence-corrected chi connectivity index (χ0v) is 11.6. The summed E-state index contributed by atoms with van der Waals surface area (Å²) in [5.74, 6) is -0.248. The zero-order chi connectivity index (χ0) is 13.8. The number of aryl methyl sites for hydroxylation is 1. The summed E-state index contributed by atoms with van der Waals surface area (Å²) in [6, 6.07) is 4.91. The molecule has 2 aromatic rings. The lowest BCUT2D eigenvalue weighted by Gasteiger charge is -2.03. The predicted octanol–water partition coefficient (Wildman–Crippen LogP) is 3.38. The number of aromatic nitrogens is 2. The van der Waals surface area contributed by atoms with Crippen molar-refractivity contribution in [2.24, 2.45) is 7.05 Å². The van der Waals surface area contributed by atoms with Crippen molar-refractivity contribution in [1.29, 1.82) is 0 Å². The molecule has 0 radical (unpaired) electrons. The van der Waals surface area contributed by atoms with Gasteiger partial charge in [0, 0.05) is 30.6 Å². The maximum Gasteiger partial charge on any atom is 0.248 e. The van der Waals surface area contributed by atoms with Crippen LogP contribution in [0.2, 0.25) is 10.0 Å². The average Bonchev–Trinajstić information content (AvgIpc) is 2.77. The lowest BCUT2D eigenvalue weighted by molar-refractivity contribution is -0.111. The van der Waals surface area contributed by atoms with Crippen molar-refractivity contribution in [3.05, 3.63) is 52.3 Å². The Balaban J connectivity index is 2.01. The molecule has 2 rings (SSSR count). The number of benzene rings is 1. The molecule has 19 heavy (non-hydrogen) atoms. The topological polar surface area (TPSA) is 46.9 Å². The van der Waals surface area contributed by atoms with Gasteiger partial charge in [-0.2, -0.15) is 5.10 Å². The molecular formula is C13H11Cl2N3O. The van der Waals surface area contributed by atoms with E-state index in [0.717, 1.165) is 5.56 Å². The highest BCUT2D eigenvalue weighted by atomic mass is 35.5. The largest absolute Gasteiger partial charge is 0.322 e. The Morgan fingerprint density at radius 3 is 2.79 bits per heavy atom. The fourth-order valence-electron chi connectivity index (χ4n) is 1.46. The van der Waals surface area contributed by atoms with E-state index in [1.54, 1.807) is 35.2 Å². The number of nitrogens with one attached hydrogen (secondary N) is 1. The number of hydrogen-bond acceptors (Lipinski definition) is 2. The van der Waals surface area contributed by atoms with E-state index in [9.17, 15) is 4.79 Å². The number of nitrogens with zero attached hydrogens (tertiary/aromatic N) is 2. The minimum absolute atomic E-state index is 0.248. The van der Waals surface area contributed by atoms with Crippen LogP contribution in [0.4, 0.5) is 5.69 Å². The molecule has 0 saturated carbocycles. The third kappa shape index (κ3) is 3.84. The third-order valence-electron chi connectivity index (χ3n) is 2.34. The van der Waals surface area contributed by atoms with Gasteiger partial charge in [-0.1, -0.05) is 23.2 Å². The first-order chi connectivity index (χ1) is 9.04. The molecule has 0 aliphatic heterocycles. The van der Waals surface area contributed by atoms with Crippen molar-refractivity contribution in [3.8, 4) is 0 Å². The van der Waals surface area contributed by atoms with Crippen LogP contribution < -0.4 is 5.32 Å². The second-order valence-electron chi connectivity index (χ2n) is 3.90. The van der Waals surface area contributed by atoms with E-state index in [4.69, 9.17) is 23.2 Å². The van der Waals surface area contributed by atoms with Gasteiger partial charge in [0.15, 0.2) is 0 Å². The molecule has 1 heterocycles. The van der Waals surface area contributed by atoms with E-state index in [0.29, 0.717) is 15.7 Å². The van der Waals surface area contributed by atoms with E-state index >= 15 is 0 Å². The van der Waals surface area contributed by atoms with Gasteiger partial charge in [-0.3, -0.25) is 9.48 Å². The maximum absolute atomic E-state index is 11.7. The van der Waals surface area contributed by atoms with Gasteiger partial charge in [0.2, 0.25) is 5.91 Å². The summed E-state index contributed by atoms with van der Waals surface area (Å²) in [5, 5.41) is 7.54. The quantitative estimate of drug-likeness (QED) is 0.883. The fraction of sp³-hybridized carbons (Fsp3) is 0.0769. The molecule has 0 atom stereocenters. The molecule has 1 aromatic heterocycles. The van der Waals surface area contributed by atoms with Crippen LogP contribution >= 0.6 is 23.2 Å². The number of anilines is 1. The van der Waals surface area contributed by atoms with Gasteiger partial charge in [0.05, 0.1) is 16.2 Å². The number of carbonyl (C=O) groups excluding carboxylic acids is 1. The highest BCUT2D eigenvalue weighted by molar-refractivity contribution is 6.42. The van der Waals surface area contributed by atoms with Crippen LogP contribution in [0.1, 0.15) is 5.56 Å². The third-order valence-corrected chi connectivity index (χ3v) is 3.08. The second kappa shape index (κ2) is 5.91. The molecule has 1 N–H and O–H groups in total. The fourth-order valence-corrected chi connectivity index (χ4v) is 1.75. The summed E-state index contributed by atoms with van der Waals surface area (Å²) in [6.45, 7) is 0. The molecule has 6 heteroatoms. The highest BCUT2D eigenvalue weighted by Crippen LogP contribution is 2.24. The van der Waals surface area contributed by atoms with Crippen molar-refractivity contribution in [1.82, 2.24) is 9.78 Å². The summed E-state index contributed by atoms with van der Waals surface area (Å²) in [7, 11) is 1.81. The maximum atomic E-state index is 11.7. The average molecular weight is 296 g/mol. The summed E-state index contributed by atoms with van der Waals surface area (Å²) < 4.78 is 1.66. The first-order valence-electron chi connectivity index (χ1n) is 5.47. The number of carbonyl (C=O) groups is 1. The van der Waals surface area contributed by atoms with Gasteiger partial charge in [0.1, 0.15) is 0 Å². The Bertz CT molecular complexity index is 635. The minimum atomic E-state index is -0.248. The van der Waals surface area contributed by atoms with Crippen LogP contribution in [0.5, 0.6) is 0 Å². The van der Waals surface area contributed by atoms with Gasteiger partial charge in [-0.15, -0.1) is 0 Å². The Morgan fingerprint density at radius 1 is 1.37 bits per heavy atom. The molecular weight excluding hydrogens is 285 g/mol. The Hall–Kier alpha value is -1.78. The lowest BCUT2D eigenvalue weighted by atomic mass is 10.3. The van der Waals surface area contributed by atoms with Crippen LogP contribution in [0, 0.1) is 0 Å². The predicted molar refractivity (Wildman–Crippen MR) is 77.3 cm³/mol. The number of halogens is 2. The van der Waals surface area contributed by atoms with E-state index < -0.39 is 0 Å². The summed E-state index contributed by atoms with van der Waals surface area (Å²) in [5.41, 5.74) is 1.45. The summed E-state index contributed by atoms with van der Waals surface area (Å²) in [4.78, 5) is 11.7. The van der Waals surface area contributed by atoms with Gasteiger partial charge >= 0.3 is 0 Å². The monoisotopic (exact) mass is 295 g/mol. The molecule has 0 spiro atoms. The molecule has 0 aliphatic rings. The van der Waals surface area contributed by atoms with E-state index in [1.807, 2.05) is 13.2 Å². The second-order valence-corrected chi connectivity index (χ2v) is 4.71. The number of hydrogen-bond donors (Lipinski definition) is 1. The molecule has 98 valence electrons. The molecule has 0 saturated heterocycles. The summed E-state index contributed by atoms with van der Waals surface area (Å²) >= 11 is 11.7. The van der Waals surface area contributed by atoms with Crippen molar-refractivity contribution >= 4 is 40.9 Å². The Kier molecular flexibility index (Phi) is 4.24. The molecule has 0 unspecified atom stereocenters. The first-order valence-corrected chi connectivity index (χ1v) is 6.23. The lowest BCUT2D eigenvalue weighted by Crippen LogP contribution is -2.07. The molecule has 1 amide bonds. The summed E-state index contributed by atoms with van der Waals surface area (Å²) in [6.07, 6.45) is 6.59. The molecule has 1 aromatic carbocycles. The van der Waals surface area contributed by atoms with Crippen molar-refractivity contribution < 1.29 is 4.79 Å². The van der Waals surface area contributed by atoms with Gasteiger partial charge in [0.25, 0.3) is 0 Å². The zero-order valence-electron chi connectivity index (χ0n) is 10.1. The van der Waals surface area contributed by atoms with Gasteiger partial charge < -0.3 is 5.32 Å². The van der Waals surface area contributed by atoms with Crippen LogP contribution in [0.25, 0.3) is 6.08 Å². The molecule has 0 fully saturated rings. The van der Waals surface area contributed by atoms with Crippen LogP contribution in [-0.4, -0.2) is 15.7 Å². The highest BCUT2D eigenvalue weighted by Gasteiger charge is 2.02. The smallest absolute Gasteiger partial charge is 0.248 e. The van der Waals surface area contributed by atoms with Crippen molar-refractivity contribution in [2.45, 2.75) is 0 Å². The van der Waals surface area contributed by atoms with Crippen LogP contribution in [0.15, 0.2) is 36.7 Å². The van der Waals surface area contributed by atoms with Gasteiger partial charge in [-0.05, 0) is 24.3 Å². The molecule has 4 nitrogen and oxygen atoms in total. The molecule has 0 bridgehead atoms. The SMILES string of the molecule is Cn1cc(/C=C/C(=O)Nc2ccc(Cl)c(Cl)c2)cn1. The van der Waals surface area contributed by atoms with Crippen LogP contribution in [-0.2, 0) is 11.8 Å². The normalized spacial score (nSPS) is 10.9. The van der Waals surface area contributed by atoms with E-state index in [-0.39, 0.29) is 5.91 Å². The van der Waals surface area contributed by atoms with E-state index in [1.165, 1.54) is 6.08 Å². The standard InChI is InChI=1S/C13H11Cl2N3O/c1-18-8-9(7-16-18)2-5-13(19)17-10-3-4-11(14)12(15)6-10/h2-8H,1H3,(H,17,19)/b5-2+.